The van der Waals surface area contributed by atoms with Crippen molar-refractivity contribution in [3.05, 3.63) is 23.5 Å². The van der Waals surface area contributed by atoms with Crippen molar-refractivity contribution in [2.75, 3.05) is 12.4 Å². The summed E-state index contributed by atoms with van der Waals surface area (Å²) in [5, 5.41) is 3.58. The lowest BCUT2D eigenvalue weighted by Gasteiger charge is -1.96. The Morgan fingerprint density at radius 3 is 2.78 bits per heavy atom. The molecule has 9 heavy (non-hydrogen) atoms. The Bertz CT molecular complexity index is 200. The minimum Gasteiger partial charge on any atom is -0.387 e. The first-order valence-electron chi connectivity index (χ1n) is 2.61. The van der Waals surface area contributed by atoms with E-state index in [-0.39, 0.29) is 0 Å². The maximum absolute atomic E-state index is 5.62. The summed E-state index contributed by atoms with van der Waals surface area (Å²) in [6.45, 7) is 0. The zero-order valence-electron chi connectivity index (χ0n) is 5.06. The molecule has 0 atom stereocenters. The number of pyridine rings is 1. The van der Waals surface area contributed by atoms with E-state index < -0.39 is 0 Å². The molecule has 3 heteroatoms. The van der Waals surface area contributed by atoms with Crippen LogP contribution in [0.2, 0.25) is 5.02 Å². The summed E-state index contributed by atoms with van der Waals surface area (Å²) in [5.74, 6) is 0. The van der Waals surface area contributed by atoms with Gasteiger partial charge in [-0.05, 0) is 6.07 Å². The molecule has 0 aliphatic rings. The average molecular weight is 143 g/mol. The highest BCUT2D eigenvalue weighted by Gasteiger charge is 1.87. The molecule has 0 saturated heterocycles. The Hall–Kier alpha value is -0.760. The lowest BCUT2D eigenvalue weighted by molar-refractivity contribution is 1.31. The van der Waals surface area contributed by atoms with Gasteiger partial charge < -0.3 is 5.32 Å². The number of aromatic nitrogens is 1. The van der Waals surface area contributed by atoms with Crippen LogP contribution in [0.3, 0.4) is 0 Å². The summed E-state index contributed by atoms with van der Waals surface area (Å²) >= 11 is 5.62. The van der Waals surface area contributed by atoms with E-state index in [1.165, 1.54) is 0 Å². The number of halogens is 1. The lowest BCUT2D eigenvalue weighted by atomic mass is 10.4. The Morgan fingerprint density at radius 2 is 2.33 bits per heavy atom. The van der Waals surface area contributed by atoms with Gasteiger partial charge in [0.2, 0.25) is 0 Å². The van der Waals surface area contributed by atoms with Crippen molar-refractivity contribution in [2.24, 2.45) is 0 Å². The standard InChI is InChI=1S/C6H7ClN2/c1-8-6-2-5(7)3-9-4-6/h2-4,8H,1H3. The molecule has 1 heterocycles. The van der Waals surface area contributed by atoms with Crippen molar-refractivity contribution in [1.82, 2.24) is 4.98 Å². The molecule has 0 radical (unpaired) electrons. The van der Waals surface area contributed by atoms with Crippen LogP contribution in [0.1, 0.15) is 0 Å². The Balaban J connectivity index is 2.94. The van der Waals surface area contributed by atoms with E-state index in [0.29, 0.717) is 5.02 Å². The minimum atomic E-state index is 0.654. The monoisotopic (exact) mass is 142 g/mol. The first-order valence-corrected chi connectivity index (χ1v) is 2.99. The summed E-state index contributed by atoms with van der Waals surface area (Å²) < 4.78 is 0. The number of nitrogens with zero attached hydrogens (tertiary/aromatic N) is 1. The molecule has 1 N–H and O–H groups in total. The van der Waals surface area contributed by atoms with Crippen molar-refractivity contribution >= 4 is 17.3 Å². The zero-order valence-corrected chi connectivity index (χ0v) is 5.81. The quantitative estimate of drug-likeness (QED) is 0.647. The largest absolute Gasteiger partial charge is 0.387 e. The highest BCUT2D eigenvalue weighted by Crippen LogP contribution is 2.11. The summed E-state index contributed by atoms with van der Waals surface area (Å²) in [7, 11) is 1.83. The molecule has 0 amide bonds. The molecular formula is C6H7ClN2. The highest BCUT2D eigenvalue weighted by atomic mass is 35.5. The van der Waals surface area contributed by atoms with Gasteiger partial charge in [-0.15, -0.1) is 0 Å². The van der Waals surface area contributed by atoms with Gasteiger partial charge in [0.15, 0.2) is 0 Å². The van der Waals surface area contributed by atoms with E-state index >= 15 is 0 Å². The fraction of sp³-hybridized carbons (Fsp3) is 0.167. The third-order valence-corrected chi connectivity index (χ3v) is 1.20. The third-order valence-electron chi connectivity index (χ3n) is 0.994. The van der Waals surface area contributed by atoms with Gasteiger partial charge in [0.25, 0.3) is 0 Å². The smallest absolute Gasteiger partial charge is 0.0609 e. The number of hydrogen-bond donors (Lipinski definition) is 1. The van der Waals surface area contributed by atoms with Crippen LogP contribution < -0.4 is 5.32 Å². The van der Waals surface area contributed by atoms with E-state index in [0.717, 1.165) is 5.69 Å². The second-order valence-electron chi connectivity index (χ2n) is 1.64. The van der Waals surface area contributed by atoms with Gasteiger partial charge in [0.05, 0.1) is 16.9 Å². The van der Waals surface area contributed by atoms with Crippen LogP contribution in [0.4, 0.5) is 5.69 Å². The van der Waals surface area contributed by atoms with Gasteiger partial charge in [0, 0.05) is 13.2 Å². The Morgan fingerprint density at radius 1 is 1.56 bits per heavy atom. The van der Waals surface area contributed by atoms with Crippen molar-refractivity contribution < 1.29 is 0 Å². The second kappa shape index (κ2) is 2.69. The summed E-state index contributed by atoms with van der Waals surface area (Å²) in [5.41, 5.74) is 0.933. The summed E-state index contributed by atoms with van der Waals surface area (Å²) in [4.78, 5) is 3.86. The molecule has 0 fully saturated rings. The molecule has 0 aliphatic carbocycles. The van der Waals surface area contributed by atoms with Crippen LogP contribution >= 0.6 is 11.6 Å². The van der Waals surface area contributed by atoms with Crippen LogP contribution in [0.25, 0.3) is 0 Å². The van der Waals surface area contributed by atoms with Crippen molar-refractivity contribution in [3.8, 4) is 0 Å². The van der Waals surface area contributed by atoms with Gasteiger partial charge in [-0.2, -0.15) is 0 Å². The second-order valence-corrected chi connectivity index (χ2v) is 2.08. The fourth-order valence-corrected chi connectivity index (χ4v) is 0.722. The van der Waals surface area contributed by atoms with Gasteiger partial charge >= 0.3 is 0 Å². The summed E-state index contributed by atoms with van der Waals surface area (Å²) in [6, 6.07) is 1.81. The Kier molecular flexibility index (Phi) is 1.90. The van der Waals surface area contributed by atoms with Gasteiger partial charge in [-0.25, -0.2) is 0 Å². The third kappa shape index (κ3) is 1.57. The molecule has 0 saturated carbocycles. The summed E-state index contributed by atoms with van der Waals surface area (Å²) in [6.07, 6.45) is 3.31. The first-order chi connectivity index (χ1) is 4.33. The lowest BCUT2D eigenvalue weighted by Crippen LogP contribution is -1.87. The number of anilines is 1. The van der Waals surface area contributed by atoms with E-state index in [2.05, 4.69) is 10.3 Å². The zero-order chi connectivity index (χ0) is 6.69. The van der Waals surface area contributed by atoms with Crippen LogP contribution in [-0.4, -0.2) is 12.0 Å². The molecule has 0 unspecified atom stereocenters. The average Bonchev–Trinajstić information content (AvgIpc) is 1.88. The van der Waals surface area contributed by atoms with E-state index in [4.69, 9.17) is 11.6 Å². The van der Waals surface area contributed by atoms with Crippen molar-refractivity contribution in [1.29, 1.82) is 0 Å². The van der Waals surface area contributed by atoms with Crippen molar-refractivity contribution in [2.45, 2.75) is 0 Å². The molecule has 1 aromatic rings. The number of rotatable bonds is 1. The molecule has 0 aliphatic heterocycles. The predicted octanol–water partition coefficient (Wildman–Crippen LogP) is 1.78. The molecule has 0 bridgehead atoms. The van der Waals surface area contributed by atoms with Crippen LogP contribution in [0.5, 0.6) is 0 Å². The van der Waals surface area contributed by atoms with E-state index in [9.17, 15) is 0 Å². The molecule has 1 aromatic heterocycles. The fourth-order valence-electron chi connectivity index (χ4n) is 0.549. The van der Waals surface area contributed by atoms with Crippen LogP contribution in [0.15, 0.2) is 18.5 Å². The van der Waals surface area contributed by atoms with Gasteiger partial charge in [0.1, 0.15) is 0 Å². The predicted molar refractivity (Wildman–Crippen MR) is 38.8 cm³/mol. The molecule has 2 nitrogen and oxygen atoms in total. The maximum Gasteiger partial charge on any atom is 0.0609 e. The number of nitrogens with one attached hydrogen (secondary N) is 1. The SMILES string of the molecule is CNc1cncc(Cl)c1. The van der Waals surface area contributed by atoms with Crippen molar-refractivity contribution in [3.63, 3.8) is 0 Å². The molecular weight excluding hydrogens is 136 g/mol. The minimum absolute atomic E-state index is 0.654. The van der Waals surface area contributed by atoms with Gasteiger partial charge in [-0.1, -0.05) is 11.6 Å². The normalized spacial score (nSPS) is 9.11. The van der Waals surface area contributed by atoms with E-state index in [1.54, 1.807) is 12.4 Å². The highest BCUT2D eigenvalue weighted by molar-refractivity contribution is 6.30. The first kappa shape index (κ1) is 6.36. The maximum atomic E-state index is 5.62. The number of hydrogen-bond acceptors (Lipinski definition) is 2. The Labute approximate surface area is 58.9 Å². The molecule has 1 rings (SSSR count). The molecule has 48 valence electrons. The van der Waals surface area contributed by atoms with Crippen LogP contribution in [0, 0.1) is 0 Å². The topological polar surface area (TPSA) is 24.9 Å². The van der Waals surface area contributed by atoms with Crippen LogP contribution in [-0.2, 0) is 0 Å². The molecule has 0 aromatic carbocycles. The van der Waals surface area contributed by atoms with Gasteiger partial charge in [-0.3, -0.25) is 4.98 Å². The van der Waals surface area contributed by atoms with E-state index in [1.807, 2.05) is 13.1 Å². The molecule has 0 spiro atoms.